The minimum Gasteiger partial charge on any atom is -1.00 e. The molecule has 13 heteroatoms. The number of carbonyl (C=O) groups excluding carboxylic acids is 4. The first-order valence-electron chi connectivity index (χ1n) is 18.8. The van der Waals surface area contributed by atoms with Gasteiger partial charge in [0.1, 0.15) is 17.2 Å². The van der Waals surface area contributed by atoms with E-state index in [0.717, 1.165) is 28.3 Å². The van der Waals surface area contributed by atoms with Crippen molar-refractivity contribution in [3.63, 3.8) is 0 Å². The van der Waals surface area contributed by atoms with Crippen LogP contribution in [0.4, 0.5) is 0 Å². The number of nitrogens with two attached hydrogens (primary N) is 2. The number of H-pyrrole nitrogens is 1. The summed E-state index contributed by atoms with van der Waals surface area (Å²) < 4.78 is 20.0. The number of ketones is 3. The fourth-order valence-corrected chi connectivity index (χ4v) is 5.55. The summed E-state index contributed by atoms with van der Waals surface area (Å²) in [6.07, 6.45) is -0.148. The van der Waals surface area contributed by atoms with Crippen LogP contribution in [0, 0.1) is 0 Å². The molecule has 0 aliphatic heterocycles. The largest absolute Gasteiger partial charge is 1.00 e. The van der Waals surface area contributed by atoms with Gasteiger partial charge in [-0.15, -0.1) is 0 Å². The van der Waals surface area contributed by atoms with Gasteiger partial charge in [-0.2, -0.15) is 5.10 Å². The number of aromatic nitrogens is 2. The van der Waals surface area contributed by atoms with E-state index in [-0.39, 0.29) is 60.7 Å². The Bertz CT molecular complexity index is 2420. The van der Waals surface area contributed by atoms with Crippen molar-refractivity contribution in [2.45, 2.75) is 13.3 Å². The van der Waals surface area contributed by atoms with Crippen molar-refractivity contribution in [1.29, 1.82) is 0 Å². The molecular formula is C49H51N4NaO8. The maximum atomic E-state index is 12.1. The number of nitrogens with zero attached hydrogens (tertiary/aromatic N) is 1. The molecule has 0 amide bonds. The minimum absolute atomic E-state index is 0. The van der Waals surface area contributed by atoms with Gasteiger partial charge in [0, 0.05) is 16.7 Å². The molecule has 12 nitrogen and oxygen atoms in total. The van der Waals surface area contributed by atoms with Crippen molar-refractivity contribution in [2.75, 3.05) is 28.4 Å². The molecular weight excluding hydrogens is 796 g/mol. The molecule has 0 saturated carbocycles. The molecule has 316 valence electrons. The van der Waals surface area contributed by atoms with E-state index in [9.17, 15) is 19.2 Å². The van der Waals surface area contributed by atoms with Gasteiger partial charge in [-0.3, -0.25) is 31.2 Å². The Hall–Kier alpha value is -6.67. The van der Waals surface area contributed by atoms with Gasteiger partial charge in [0.05, 0.1) is 62.9 Å². The number of methoxy groups -OCH3 is 4. The number of hydrazine groups is 1. The summed E-state index contributed by atoms with van der Waals surface area (Å²) >= 11 is 0. The summed E-state index contributed by atoms with van der Waals surface area (Å²) in [5, 5.41) is 7.42. The van der Waals surface area contributed by atoms with Crippen LogP contribution in [-0.4, -0.2) is 62.0 Å². The monoisotopic (exact) mass is 846 g/mol. The first-order chi connectivity index (χ1) is 29.7. The Morgan fingerprint density at radius 2 is 0.984 bits per heavy atom. The van der Waals surface area contributed by atoms with Crippen molar-refractivity contribution in [2.24, 2.45) is 11.7 Å². The van der Waals surface area contributed by atoms with E-state index in [2.05, 4.69) is 26.6 Å². The van der Waals surface area contributed by atoms with Crippen LogP contribution < -0.4 is 55.5 Å². The Labute approximate surface area is 385 Å². The van der Waals surface area contributed by atoms with E-state index in [1.165, 1.54) is 21.1 Å². The fourth-order valence-electron chi connectivity index (χ4n) is 5.55. The molecule has 6 aromatic carbocycles. The molecule has 0 fully saturated rings. The molecule has 0 bridgehead atoms. The van der Waals surface area contributed by atoms with E-state index < -0.39 is 0 Å². The van der Waals surface area contributed by atoms with Gasteiger partial charge in [-0.25, -0.2) is 4.79 Å². The maximum Gasteiger partial charge on any atom is 1.00 e. The molecule has 1 heterocycles. The first-order valence-corrected chi connectivity index (χ1v) is 18.8. The summed E-state index contributed by atoms with van der Waals surface area (Å²) in [5.41, 5.74) is 6.21. The van der Waals surface area contributed by atoms with Gasteiger partial charge in [0.2, 0.25) is 0 Å². The molecule has 0 atom stereocenters. The minimum atomic E-state index is -0.291. The Kier molecular flexibility index (Phi) is 23.9. The van der Waals surface area contributed by atoms with Crippen molar-refractivity contribution in [3.8, 4) is 39.8 Å². The van der Waals surface area contributed by atoms with Crippen molar-refractivity contribution in [1.82, 2.24) is 10.2 Å². The molecule has 0 spiro atoms. The maximum absolute atomic E-state index is 12.1. The topological polar surface area (TPSA) is 186 Å². The second-order valence-electron chi connectivity index (χ2n) is 12.4. The van der Waals surface area contributed by atoms with Gasteiger partial charge < -0.3 is 20.4 Å². The Balaban J connectivity index is 0.000000425. The van der Waals surface area contributed by atoms with Gasteiger partial charge in [-0.05, 0) is 61.5 Å². The normalized spacial score (nSPS) is 9.40. The molecule has 7 rings (SSSR count). The van der Waals surface area contributed by atoms with Crippen LogP contribution in [0.1, 0.15) is 56.2 Å². The molecule has 0 aliphatic rings. The third-order valence-electron chi connectivity index (χ3n) is 8.55. The summed E-state index contributed by atoms with van der Waals surface area (Å²) in [6.45, 7) is 1.53. The Morgan fingerprint density at radius 1 is 0.548 bits per heavy atom. The summed E-state index contributed by atoms with van der Waals surface area (Å²) in [5.74, 6) is 9.30. The van der Waals surface area contributed by atoms with E-state index >= 15 is 0 Å². The summed E-state index contributed by atoms with van der Waals surface area (Å²) in [7, 11) is 6.11. The predicted octanol–water partition coefficient (Wildman–Crippen LogP) is 6.21. The van der Waals surface area contributed by atoms with Crippen LogP contribution in [0.2, 0.25) is 0 Å². The summed E-state index contributed by atoms with van der Waals surface area (Å²) in [6, 6.07) is 51.8. The molecule has 0 saturated heterocycles. The van der Waals surface area contributed by atoms with E-state index in [0.29, 0.717) is 33.8 Å². The zero-order valence-electron chi connectivity index (χ0n) is 36.7. The average molecular weight is 847 g/mol. The van der Waals surface area contributed by atoms with Gasteiger partial charge in [0.15, 0.2) is 17.3 Å². The van der Waals surface area contributed by atoms with Crippen molar-refractivity contribution in [3.05, 3.63) is 192 Å². The number of aromatic amines is 1. The van der Waals surface area contributed by atoms with Crippen molar-refractivity contribution >= 4 is 23.3 Å². The van der Waals surface area contributed by atoms with Crippen LogP contribution in [-0.2, 0) is 4.74 Å². The van der Waals surface area contributed by atoms with Crippen LogP contribution in [0.5, 0.6) is 17.2 Å². The number of benzene rings is 6. The van der Waals surface area contributed by atoms with Crippen LogP contribution in [0.25, 0.3) is 22.5 Å². The number of Topliss-reactive ketones (excluding diaryl/α,β-unsaturated/α-hetero) is 3. The number of hydrogen-bond acceptors (Lipinski definition) is 11. The second-order valence-corrected chi connectivity index (χ2v) is 12.4. The number of rotatable bonds is 11. The molecule has 1 aromatic heterocycles. The van der Waals surface area contributed by atoms with E-state index in [4.69, 9.17) is 14.2 Å². The smallest absolute Gasteiger partial charge is 1.00 e. The standard InChI is InChI=1S/C16H14N2O.C16H14O3.C9H10O2.C8H8O2.H4N2.Na.H/c1-19-16-10-6-5-9-13(16)15-11-14(17-18-15)12-7-3-2-4-8-12;1-19-16-10-6-5-9-13(16)15(18)11-14(17)12-7-3-2-4-8-12;1-7(10)8-5-3-4-6-9(8)11-2;1-10-8(9)7-5-3-2-4-6-7;1-2;;/h2-11H,1H3,(H,17,18);2-10H,11H2,1H3;3-6H,1-2H3;2-6H,1H3;1-2H2;;/q;;;;;+1;-1. The quantitative estimate of drug-likeness (QED) is 0.0336. The number of nitrogens with one attached hydrogen (secondary N) is 1. The number of para-hydroxylation sites is 3. The molecule has 0 radical (unpaired) electrons. The molecule has 0 unspecified atom stereocenters. The number of esters is 1. The number of hydrogen-bond donors (Lipinski definition) is 3. The fraction of sp³-hybridized carbons (Fsp3) is 0.122. The molecule has 0 aliphatic carbocycles. The second kappa shape index (κ2) is 28.7. The van der Waals surface area contributed by atoms with Crippen molar-refractivity contribution < 1.29 is 69.1 Å². The summed E-state index contributed by atoms with van der Waals surface area (Å²) in [4.78, 5) is 45.8. The molecule has 7 aromatic rings. The number of carbonyl (C=O) groups is 4. The zero-order valence-corrected chi connectivity index (χ0v) is 37.7. The first kappa shape index (κ1) is 51.5. The molecule has 5 N–H and O–H groups in total. The zero-order chi connectivity index (χ0) is 44.4. The van der Waals surface area contributed by atoms with Gasteiger partial charge in [0.25, 0.3) is 0 Å². The van der Waals surface area contributed by atoms with E-state index in [1.54, 1.807) is 99.1 Å². The third kappa shape index (κ3) is 16.1. The van der Waals surface area contributed by atoms with Crippen LogP contribution in [0.15, 0.2) is 170 Å². The third-order valence-corrected chi connectivity index (χ3v) is 8.55. The van der Waals surface area contributed by atoms with Gasteiger partial charge >= 0.3 is 35.5 Å². The van der Waals surface area contributed by atoms with Gasteiger partial charge in [-0.1, -0.05) is 115 Å². The predicted molar refractivity (Wildman–Crippen MR) is 239 cm³/mol. The number of ether oxygens (including phenoxy) is 4. The Morgan fingerprint density at radius 3 is 1.48 bits per heavy atom. The van der Waals surface area contributed by atoms with E-state index in [1.807, 2.05) is 84.9 Å². The SMILES string of the molecule is COC(=O)c1ccccc1.COc1ccccc1-c1cc(-c2ccccc2)n[nH]1.COc1ccccc1C(=O)CC(=O)c1ccccc1.COc1ccccc1C(C)=O.NN.[H-].[Na+]. The van der Waals surface area contributed by atoms with Crippen LogP contribution in [0.3, 0.4) is 0 Å². The molecule has 62 heavy (non-hydrogen) atoms. The average Bonchev–Trinajstić information content (AvgIpc) is 3.84. The van der Waals surface area contributed by atoms with Crippen LogP contribution >= 0.6 is 0 Å².